The topological polar surface area (TPSA) is 188 Å². The molecule has 0 amide bonds. The van der Waals surface area contributed by atoms with Crippen LogP contribution < -0.4 is 0 Å². The molecule has 88 valence electrons. The highest BCUT2D eigenvalue weighted by molar-refractivity contribution is 7.60. The SMILES string of the molecule is O=[P+](O)O.O=[P+](O)OP(=O)(O)O[P+](=O)O. The van der Waals surface area contributed by atoms with Crippen molar-refractivity contribution in [3.8, 4) is 0 Å². The first-order valence-corrected chi connectivity index (χ1v) is 7.38. The van der Waals surface area contributed by atoms with E-state index in [-0.39, 0.29) is 0 Å². The second kappa shape index (κ2) is 8.41. The lowest BCUT2D eigenvalue weighted by molar-refractivity contribution is 0.271. The molecule has 0 radical (unpaired) electrons. The van der Waals surface area contributed by atoms with E-state index < -0.39 is 32.6 Å². The summed E-state index contributed by atoms with van der Waals surface area (Å²) in [4.78, 5) is 38.3. The summed E-state index contributed by atoms with van der Waals surface area (Å²) in [6.45, 7) is 0. The predicted molar refractivity (Wildman–Crippen MR) is 43.7 cm³/mol. The molecule has 0 aliphatic rings. The maximum Gasteiger partial charge on any atom is 0.705 e. The van der Waals surface area contributed by atoms with E-state index in [1.165, 1.54) is 0 Å². The molecule has 15 heavy (non-hydrogen) atoms. The minimum atomic E-state index is -4.87. The third-order valence-corrected chi connectivity index (χ3v) is 3.11. The Morgan fingerprint density at radius 1 is 0.867 bits per heavy atom. The maximum atomic E-state index is 10.3. The van der Waals surface area contributed by atoms with Crippen LogP contribution >= 0.6 is 32.6 Å². The van der Waals surface area contributed by atoms with Gasteiger partial charge in [0, 0.05) is 22.3 Å². The van der Waals surface area contributed by atoms with Gasteiger partial charge in [0.25, 0.3) is 0 Å². The van der Waals surface area contributed by atoms with E-state index in [2.05, 4.69) is 8.62 Å². The van der Waals surface area contributed by atoms with Crippen molar-refractivity contribution in [1.29, 1.82) is 0 Å². The van der Waals surface area contributed by atoms with E-state index in [0.717, 1.165) is 0 Å². The molecular formula is H5O11P4+3. The van der Waals surface area contributed by atoms with Crippen molar-refractivity contribution in [2.75, 3.05) is 0 Å². The van der Waals surface area contributed by atoms with Crippen LogP contribution in [0.2, 0.25) is 0 Å². The normalized spacial score (nSPS) is 15.5. The standard InChI is InChI=1S/HO8P3.HO3P/c1-9(2)7-11(5,6)8-10(3)4;1-4(2)3/h(H-2,1,2,3,4,5,6);(H-,1,2,3)/p+3. The van der Waals surface area contributed by atoms with E-state index in [9.17, 15) is 13.7 Å². The van der Waals surface area contributed by atoms with Crippen LogP contribution in [-0.4, -0.2) is 24.5 Å². The van der Waals surface area contributed by atoms with E-state index >= 15 is 0 Å². The Labute approximate surface area is 84.8 Å². The first kappa shape index (κ1) is 17.6. The average molecular weight is 305 g/mol. The molecule has 2 unspecified atom stereocenters. The first-order valence-electron chi connectivity index (χ1n) is 2.46. The van der Waals surface area contributed by atoms with Crippen LogP contribution in [0.3, 0.4) is 0 Å². The fraction of sp³-hybridized carbons (Fsp3) is 0. The molecule has 0 bridgehead atoms. The zero-order valence-electron chi connectivity index (χ0n) is 6.47. The van der Waals surface area contributed by atoms with Crippen LogP contribution in [-0.2, 0) is 26.9 Å². The highest BCUT2D eigenvalue weighted by atomic mass is 31.3. The smallest absolute Gasteiger partial charge is 0.297 e. The zero-order valence-corrected chi connectivity index (χ0v) is 10.1. The minimum absolute atomic E-state index is 2.87. The molecule has 5 N–H and O–H groups in total. The Balaban J connectivity index is 0. The molecule has 0 saturated heterocycles. The average Bonchev–Trinajstić information content (AvgIpc) is 1.75. The summed E-state index contributed by atoms with van der Waals surface area (Å²) in [5, 5.41) is 0. The van der Waals surface area contributed by atoms with Gasteiger partial charge in [-0.15, -0.1) is 19.6 Å². The van der Waals surface area contributed by atoms with Crippen LogP contribution in [0.25, 0.3) is 0 Å². The summed E-state index contributed by atoms with van der Waals surface area (Å²) in [5.74, 6) is 0. The van der Waals surface area contributed by atoms with Gasteiger partial charge in [-0.25, -0.2) is 4.57 Å². The van der Waals surface area contributed by atoms with Crippen molar-refractivity contribution in [3.05, 3.63) is 0 Å². The highest BCUT2D eigenvalue weighted by Gasteiger charge is 2.43. The van der Waals surface area contributed by atoms with Crippen LogP contribution in [0.15, 0.2) is 0 Å². The molecule has 0 aliphatic carbocycles. The summed E-state index contributed by atoms with van der Waals surface area (Å²) in [6, 6.07) is 0. The lowest BCUT2D eigenvalue weighted by Gasteiger charge is -1.88. The van der Waals surface area contributed by atoms with Crippen molar-refractivity contribution in [2.24, 2.45) is 0 Å². The molecule has 0 fully saturated rings. The van der Waals surface area contributed by atoms with Crippen molar-refractivity contribution >= 4 is 32.6 Å². The third-order valence-electron chi connectivity index (χ3n) is 0.346. The molecule has 0 rings (SSSR count). The van der Waals surface area contributed by atoms with Crippen LogP contribution in [0.1, 0.15) is 0 Å². The summed E-state index contributed by atoms with van der Waals surface area (Å²) < 4.78 is 45.1. The minimum Gasteiger partial charge on any atom is -0.297 e. The number of hydrogen-bond acceptors (Lipinski definition) is 6. The molecule has 0 spiro atoms. The van der Waals surface area contributed by atoms with E-state index in [0.29, 0.717) is 0 Å². The van der Waals surface area contributed by atoms with E-state index in [1.54, 1.807) is 0 Å². The quantitative estimate of drug-likeness (QED) is 0.441. The van der Waals surface area contributed by atoms with Crippen LogP contribution in [0, 0.1) is 0 Å². The van der Waals surface area contributed by atoms with Gasteiger partial charge < -0.3 is 0 Å². The molecule has 0 heterocycles. The van der Waals surface area contributed by atoms with Gasteiger partial charge in [0.15, 0.2) is 0 Å². The maximum absolute atomic E-state index is 10.3. The zero-order chi connectivity index (χ0) is 12.6. The second-order valence-corrected chi connectivity index (χ2v) is 5.06. The van der Waals surface area contributed by atoms with Crippen LogP contribution in [0.5, 0.6) is 0 Å². The molecule has 0 aromatic heterocycles. The van der Waals surface area contributed by atoms with Gasteiger partial charge in [-0.2, -0.15) is 0 Å². The van der Waals surface area contributed by atoms with Gasteiger partial charge in [-0.3, -0.25) is 4.89 Å². The van der Waals surface area contributed by atoms with Crippen molar-refractivity contribution in [2.45, 2.75) is 0 Å². The Hall–Kier alpha value is 0.250. The van der Waals surface area contributed by atoms with Crippen LogP contribution in [0.4, 0.5) is 0 Å². The fourth-order valence-corrected chi connectivity index (χ4v) is 1.99. The van der Waals surface area contributed by atoms with Crippen molar-refractivity contribution in [3.63, 3.8) is 0 Å². The van der Waals surface area contributed by atoms with E-state index in [4.69, 9.17) is 29.0 Å². The van der Waals surface area contributed by atoms with Gasteiger partial charge in [0.2, 0.25) is 0 Å². The lowest BCUT2D eigenvalue weighted by Crippen LogP contribution is -1.81. The predicted octanol–water partition coefficient (Wildman–Crippen LogP) is 0.0478. The summed E-state index contributed by atoms with van der Waals surface area (Å²) in [6.07, 6.45) is 0. The summed E-state index contributed by atoms with van der Waals surface area (Å²) in [7, 11) is -14.4. The number of rotatable bonds is 4. The van der Waals surface area contributed by atoms with Crippen molar-refractivity contribution < 1.29 is 51.3 Å². The Bertz CT molecular complexity index is 265. The van der Waals surface area contributed by atoms with Gasteiger partial charge in [-0.05, 0) is 0 Å². The van der Waals surface area contributed by atoms with Gasteiger partial charge in [0.1, 0.15) is 0 Å². The van der Waals surface area contributed by atoms with Gasteiger partial charge >= 0.3 is 32.6 Å². The van der Waals surface area contributed by atoms with Crippen molar-refractivity contribution in [1.82, 2.24) is 0 Å². The summed E-state index contributed by atoms with van der Waals surface area (Å²) in [5.41, 5.74) is 0. The molecule has 2 atom stereocenters. The first-order chi connectivity index (χ1) is 6.57. The molecule has 0 aromatic carbocycles. The molecule has 11 nitrogen and oxygen atoms in total. The number of phosphoric acid groups is 1. The van der Waals surface area contributed by atoms with Gasteiger partial charge in [-0.1, -0.05) is 0 Å². The Morgan fingerprint density at radius 2 is 1.07 bits per heavy atom. The van der Waals surface area contributed by atoms with Gasteiger partial charge in [0.05, 0.1) is 0 Å². The summed E-state index contributed by atoms with van der Waals surface area (Å²) >= 11 is 0. The van der Waals surface area contributed by atoms with E-state index in [1.807, 2.05) is 0 Å². The lowest BCUT2D eigenvalue weighted by atomic mass is 15.7. The molecule has 0 aliphatic heterocycles. The molecule has 0 aromatic rings. The largest absolute Gasteiger partial charge is 0.705 e. The Kier molecular flexibility index (Phi) is 9.89. The molecule has 0 saturated carbocycles. The number of hydrogen-bond donors (Lipinski definition) is 5. The highest BCUT2D eigenvalue weighted by Crippen LogP contribution is 2.55. The second-order valence-electron chi connectivity index (χ2n) is 1.36. The monoisotopic (exact) mass is 305 g/mol. The molecule has 15 heteroatoms. The third kappa shape index (κ3) is 20.4. The fourth-order valence-electron chi connectivity index (χ4n) is 0.191. The Morgan fingerprint density at radius 3 is 1.20 bits per heavy atom. The molecular weight excluding hydrogens is 300 g/mol.